The van der Waals surface area contributed by atoms with Gasteiger partial charge in [0.15, 0.2) is 5.82 Å². The Hall–Kier alpha value is -1.06. The molecule has 0 aromatic carbocycles. The molecule has 2 N–H and O–H groups in total. The zero-order chi connectivity index (χ0) is 7.78. The molecule has 4 nitrogen and oxygen atoms in total. The van der Waals surface area contributed by atoms with Crippen LogP contribution in [0.3, 0.4) is 0 Å². The minimum atomic E-state index is -0.0718. The molecule has 0 spiro atoms. The van der Waals surface area contributed by atoms with Crippen molar-refractivity contribution in [3.05, 3.63) is 6.20 Å². The quantitative estimate of drug-likeness (QED) is 0.574. The van der Waals surface area contributed by atoms with Crippen LogP contribution in [-0.2, 0) is 5.54 Å². The van der Waals surface area contributed by atoms with Crippen LogP contribution >= 0.6 is 0 Å². The summed E-state index contributed by atoms with van der Waals surface area (Å²) in [5, 5.41) is 7.93. The highest BCUT2D eigenvalue weighted by Gasteiger charge is 2.14. The average molecular weight is 140 g/mol. The summed E-state index contributed by atoms with van der Waals surface area (Å²) in [5.74, 6) is 0.468. The standard InChI is InChI=1S/C6H12N4/c1-6(2,3)10-8-4-5(7)9-10/h4H,1-3H3,(H2,7,9). The van der Waals surface area contributed by atoms with E-state index in [2.05, 4.69) is 10.2 Å². The van der Waals surface area contributed by atoms with Gasteiger partial charge in [-0.1, -0.05) is 0 Å². The summed E-state index contributed by atoms with van der Waals surface area (Å²) >= 11 is 0. The van der Waals surface area contributed by atoms with E-state index in [4.69, 9.17) is 5.73 Å². The summed E-state index contributed by atoms with van der Waals surface area (Å²) in [6.07, 6.45) is 1.55. The van der Waals surface area contributed by atoms with E-state index in [0.717, 1.165) is 0 Å². The molecule has 10 heavy (non-hydrogen) atoms. The topological polar surface area (TPSA) is 56.7 Å². The maximum atomic E-state index is 5.38. The van der Waals surface area contributed by atoms with Crippen molar-refractivity contribution in [3.8, 4) is 0 Å². The van der Waals surface area contributed by atoms with Crippen LogP contribution in [-0.4, -0.2) is 15.0 Å². The number of anilines is 1. The Morgan fingerprint density at radius 1 is 1.50 bits per heavy atom. The molecule has 56 valence electrons. The van der Waals surface area contributed by atoms with Crippen molar-refractivity contribution in [1.82, 2.24) is 15.0 Å². The summed E-state index contributed by atoms with van der Waals surface area (Å²) in [6, 6.07) is 0. The second kappa shape index (κ2) is 1.97. The van der Waals surface area contributed by atoms with Gasteiger partial charge in [-0.2, -0.15) is 9.90 Å². The normalized spacial score (nSPS) is 11.9. The molecule has 1 aromatic heterocycles. The van der Waals surface area contributed by atoms with Gasteiger partial charge in [0.1, 0.15) is 0 Å². The van der Waals surface area contributed by atoms with Gasteiger partial charge in [0.25, 0.3) is 0 Å². The molecule has 0 atom stereocenters. The van der Waals surface area contributed by atoms with Crippen LogP contribution in [0.25, 0.3) is 0 Å². The Morgan fingerprint density at radius 2 is 2.10 bits per heavy atom. The van der Waals surface area contributed by atoms with E-state index in [9.17, 15) is 0 Å². The summed E-state index contributed by atoms with van der Waals surface area (Å²) < 4.78 is 0. The van der Waals surface area contributed by atoms with Crippen LogP contribution in [0.4, 0.5) is 5.82 Å². The molecule has 0 unspecified atom stereocenters. The number of nitrogen functional groups attached to an aromatic ring is 1. The largest absolute Gasteiger partial charge is 0.381 e. The molecular formula is C6H12N4. The SMILES string of the molecule is CC(C)(C)n1ncc(N)n1. The van der Waals surface area contributed by atoms with Crippen molar-refractivity contribution >= 4 is 5.82 Å². The first-order chi connectivity index (χ1) is 4.50. The first-order valence-electron chi connectivity index (χ1n) is 3.18. The fourth-order valence-corrected chi connectivity index (χ4v) is 0.598. The van der Waals surface area contributed by atoms with Gasteiger partial charge in [-0.25, -0.2) is 0 Å². The second-order valence-corrected chi connectivity index (χ2v) is 3.23. The highest BCUT2D eigenvalue weighted by molar-refractivity contribution is 5.19. The zero-order valence-electron chi connectivity index (χ0n) is 6.50. The van der Waals surface area contributed by atoms with E-state index < -0.39 is 0 Å². The average Bonchev–Trinajstić information content (AvgIpc) is 2.11. The molecule has 4 heteroatoms. The third-order valence-corrected chi connectivity index (χ3v) is 1.11. The van der Waals surface area contributed by atoms with Gasteiger partial charge >= 0.3 is 0 Å². The molecule has 0 bridgehead atoms. The summed E-state index contributed by atoms with van der Waals surface area (Å²) in [7, 11) is 0. The fourth-order valence-electron chi connectivity index (χ4n) is 0.598. The van der Waals surface area contributed by atoms with Gasteiger partial charge in [0.05, 0.1) is 11.7 Å². The van der Waals surface area contributed by atoms with Crippen LogP contribution in [0.15, 0.2) is 6.20 Å². The monoisotopic (exact) mass is 140 g/mol. The maximum Gasteiger partial charge on any atom is 0.165 e. The number of rotatable bonds is 0. The zero-order valence-corrected chi connectivity index (χ0v) is 6.50. The van der Waals surface area contributed by atoms with Crippen molar-refractivity contribution in [2.45, 2.75) is 26.3 Å². The van der Waals surface area contributed by atoms with Crippen molar-refractivity contribution in [1.29, 1.82) is 0 Å². The lowest BCUT2D eigenvalue weighted by molar-refractivity contribution is 0.313. The lowest BCUT2D eigenvalue weighted by Crippen LogP contribution is -2.24. The van der Waals surface area contributed by atoms with Gasteiger partial charge in [0, 0.05) is 0 Å². The Bertz CT molecular complexity index is 220. The molecule has 0 fully saturated rings. The minimum Gasteiger partial charge on any atom is -0.381 e. The molecule has 0 saturated heterocycles. The Balaban J connectivity index is 2.96. The fraction of sp³-hybridized carbons (Fsp3) is 0.667. The Kier molecular flexibility index (Phi) is 1.39. The van der Waals surface area contributed by atoms with Crippen LogP contribution < -0.4 is 5.73 Å². The minimum absolute atomic E-state index is 0.0718. The second-order valence-electron chi connectivity index (χ2n) is 3.23. The maximum absolute atomic E-state index is 5.38. The van der Waals surface area contributed by atoms with Gasteiger partial charge < -0.3 is 5.73 Å². The van der Waals surface area contributed by atoms with E-state index in [1.54, 1.807) is 11.0 Å². The lowest BCUT2D eigenvalue weighted by atomic mass is 10.1. The summed E-state index contributed by atoms with van der Waals surface area (Å²) in [4.78, 5) is 1.60. The van der Waals surface area contributed by atoms with Crippen LogP contribution in [0.2, 0.25) is 0 Å². The first-order valence-corrected chi connectivity index (χ1v) is 3.18. The van der Waals surface area contributed by atoms with Crippen LogP contribution in [0.1, 0.15) is 20.8 Å². The third-order valence-electron chi connectivity index (χ3n) is 1.11. The molecule has 1 aromatic rings. The van der Waals surface area contributed by atoms with Gasteiger partial charge in [-0.3, -0.25) is 0 Å². The number of nitrogens with two attached hydrogens (primary N) is 1. The number of aromatic nitrogens is 3. The highest BCUT2D eigenvalue weighted by Crippen LogP contribution is 2.10. The number of hydrogen-bond donors (Lipinski definition) is 1. The molecule has 1 rings (SSSR count). The van der Waals surface area contributed by atoms with Crippen molar-refractivity contribution in [2.24, 2.45) is 0 Å². The van der Waals surface area contributed by atoms with Crippen molar-refractivity contribution in [3.63, 3.8) is 0 Å². The van der Waals surface area contributed by atoms with Crippen molar-refractivity contribution < 1.29 is 0 Å². The van der Waals surface area contributed by atoms with E-state index in [-0.39, 0.29) is 5.54 Å². The smallest absolute Gasteiger partial charge is 0.165 e. The molecular weight excluding hydrogens is 128 g/mol. The highest BCUT2D eigenvalue weighted by atomic mass is 15.5. The third kappa shape index (κ3) is 1.26. The van der Waals surface area contributed by atoms with E-state index in [0.29, 0.717) is 5.82 Å². The molecule has 0 amide bonds. The Labute approximate surface area is 60.0 Å². The molecule has 0 aliphatic heterocycles. The van der Waals surface area contributed by atoms with E-state index >= 15 is 0 Å². The van der Waals surface area contributed by atoms with E-state index in [1.165, 1.54) is 0 Å². The summed E-state index contributed by atoms with van der Waals surface area (Å²) in [6.45, 7) is 6.06. The Morgan fingerprint density at radius 3 is 2.30 bits per heavy atom. The van der Waals surface area contributed by atoms with Crippen molar-refractivity contribution in [2.75, 3.05) is 5.73 Å². The van der Waals surface area contributed by atoms with Crippen LogP contribution in [0.5, 0.6) is 0 Å². The lowest BCUT2D eigenvalue weighted by Gasteiger charge is -2.16. The van der Waals surface area contributed by atoms with E-state index in [1.807, 2.05) is 20.8 Å². The van der Waals surface area contributed by atoms with Gasteiger partial charge in [0.2, 0.25) is 0 Å². The number of hydrogen-bond acceptors (Lipinski definition) is 3. The predicted molar refractivity (Wildman–Crippen MR) is 39.4 cm³/mol. The number of nitrogens with zero attached hydrogens (tertiary/aromatic N) is 3. The van der Waals surface area contributed by atoms with Crippen LogP contribution in [0, 0.1) is 0 Å². The first kappa shape index (κ1) is 7.05. The van der Waals surface area contributed by atoms with Gasteiger partial charge in [-0.15, -0.1) is 5.10 Å². The molecule has 0 saturated carbocycles. The molecule has 1 heterocycles. The molecule has 0 radical (unpaired) electrons. The summed E-state index contributed by atoms with van der Waals surface area (Å²) in [5.41, 5.74) is 5.31. The molecule has 0 aliphatic rings. The predicted octanol–water partition coefficient (Wildman–Crippen LogP) is 0.615. The molecule has 0 aliphatic carbocycles. The van der Waals surface area contributed by atoms with Gasteiger partial charge in [-0.05, 0) is 20.8 Å².